The molecule has 2 heterocycles. The normalized spacial score (nSPS) is 10.6. The highest BCUT2D eigenvalue weighted by atomic mass is 79.9. The van der Waals surface area contributed by atoms with E-state index in [0.717, 1.165) is 5.56 Å². The lowest BCUT2D eigenvalue weighted by Crippen LogP contribution is -1.90. The highest BCUT2D eigenvalue weighted by Crippen LogP contribution is 2.24. The van der Waals surface area contributed by atoms with Crippen LogP contribution in [0.2, 0.25) is 0 Å². The Balaban J connectivity index is 2.20. The summed E-state index contributed by atoms with van der Waals surface area (Å²) in [4.78, 5) is 0. The van der Waals surface area contributed by atoms with E-state index in [1.54, 1.807) is 34.9 Å². The summed E-state index contributed by atoms with van der Waals surface area (Å²) in [6, 6.07) is 10.0. The van der Waals surface area contributed by atoms with Crippen molar-refractivity contribution in [3.05, 3.63) is 52.4 Å². The lowest BCUT2D eigenvalue weighted by molar-refractivity contribution is 0.621. The number of nitriles is 1. The van der Waals surface area contributed by atoms with Crippen molar-refractivity contribution in [2.24, 2.45) is 0 Å². The zero-order chi connectivity index (χ0) is 13.4. The van der Waals surface area contributed by atoms with E-state index in [9.17, 15) is 4.39 Å². The molecule has 1 aromatic carbocycles. The summed E-state index contributed by atoms with van der Waals surface area (Å²) in [5, 5.41) is 16.9. The molecule has 0 saturated heterocycles. The third-order valence-electron chi connectivity index (χ3n) is 2.72. The van der Waals surface area contributed by atoms with E-state index in [4.69, 9.17) is 5.26 Å². The van der Waals surface area contributed by atoms with E-state index in [1.165, 1.54) is 6.07 Å². The predicted molar refractivity (Wildman–Crippen MR) is 70.8 cm³/mol. The molecule has 2 aromatic heterocycles. The Labute approximate surface area is 116 Å². The summed E-state index contributed by atoms with van der Waals surface area (Å²) in [6.45, 7) is 0. The molecular formula is C13H6BrFN4. The van der Waals surface area contributed by atoms with Crippen LogP contribution in [0.4, 0.5) is 4.39 Å². The quantitative estimate of drug-likeness (QED) is 0.693. The first-order valence-corrected chi connectivity index (χ1v) is 6.18. The molecule has 0 N–H and O–H groups in total. The average Bonchev–Trinajstić information content (AvgIpc) is 2.84. The first-order chi connectivity index (χ1) is 9.19. The van der Waals surface area contributed by atoms with Gasteiger partial charge in [0.1, 0.15) is 5.82 Å². The van der Waals surface area contributed by atoms with Gasteiger partial charge in [0.05, 0.1) is 16.1 Å². The van der Waals surface area contributed by atoms with Crippen molar-refractivity contribution in [3.63, 3.8) is 0 Å². The molecule has 3 aromatic rings. The minimum atomic E-state index is -0.329. The molecule has 0 spiro atoms. The maximum Gasteiger partial charge on any atom is 0.168 e. The summed E-state index contributed by atoms with van der Waals surface area (Å²) < 4.78 is 15.3. The Bertz CT molecular complexity index is 819. The highest BCUT2D eigenvalue weighted by molar-refractivity contribution is 9.10. The van der Waals surface area contributed by atoms with E-state index in [0.29, 0.717) is 21.5 Å². The third-order valence-corrected chi connectivity index (χ3v) is 3.32. The topological polar surface area (TPSA) is 54.0 Å². The fraction of sp³-hybridized carbons (Fsp3) is 0. The number of pyridine rings is 1. The summed E-state index contributed by atoms with van der Waals surface area (Å²) in [5.74, 6) is 0.268. The van der Waals surface area contributed by atoms with Gasteiger partial charge in [-0.05, 0) is 40.2 Å². The SMILES string of the molecule is N#Cc1ccn2c(-c3ccc(F)c(Br)c3)nnc2c1. The molecule has 0 fully saturated rings. The molecule has 0 aliphatic heterocycles. The van der Waals surface area contributed by atoms with Gasteiger partial charge in [0, 0.05) is 17.8 Å². The molecule has 92 valence electrons. The number of nitrogens with zero attached hydrogens (tertiary/aromatic N) is 4. The van der Waals surface area contributed by atoms with Crippen molar-refractivity contribution in [2.75, 3.05) is 0 Å². The minimum Gasteiger partial charge on any atom is -0.282 e. The maximum absolute atomic E-state index is 13.2. The Morgan fingerprint density at radius 1 is 1.21 bits per heavy atom. The Hall–Kier alpha value is -2.26. The molecule has 0 atom stereocenters. The van der Waals surface area contributed by atoms with Crippen LogP contribution < -0.4 is 0 Å². The first-order valence-electron chi connectivity index (χ1n) is 5.39. The van der Waals surface area contributed by atoms with Crippen LogP contribution in [0.5, 0.6) is 0 Å². The number of aromatic nitrogens is 3. The van der Waals surface area contributed by atoms with Crippen molar-refractivity contribution in [1.82, 2.24) is 14.6 Å². The second kappa shape index (κ2) is 4.44. The van der Waals surface area contributed by atoms with Gasteiger partial charge in [-0.2, -0.15) is 5.26 Å². The molecule has 4 nitrogen and oxygen atoms in total. The minimum absolute atomic E-state index is 0.329. The molecular weight excluding hydrogens is 311 g/mol. The summed E-state index contributed by atoms with van der Waals surface area (Å²) in [5.41, 5.74) is 1.84. The van der Waals surface area contributed by atoms with Crippen LogP contribution in [-0.4, -0.2) is 14.6 Å². The fourth-order valence-corrected chi connectivity index (χ4v) is 2.17. The van der Waals surface area contributed by atoms with E-state index < -0.39 is 0 Å². The molecule has 0 saturated carbocycles. The number of halogens is 2. The van der Waals surface area contributed by atoms with Crippen LogP contribution >= 0.6 is 15.9 Å². The molecule has 6 heteroatoms. The molecule has 0 aliphatic carbocycles. The van der Waals surface area contributed by atoms with Gasteiger partial charge in [-0.15, -0.1) is 10.2 Å². The Morgan fingerprint density at radius 2 is 2.05 bits per heavy atom. The van der Waals surface area contributed by atoms with Gasteiger partial charge >= 0.3 is 0 Å². The molecule has 19 heavy (non-hydrogen) atoms. The smallest absolute Gasteiger partial charge is 0.168 e. The van der Waals surface area contributed by atoms with E-state index >= 15 is 0 Å². The van der Waals surface area contributed by atoms with Gasteiger partial charge in [0.15, 0.2) is 11.5 Å². The van der Waals surface area contributed by atoms with Crippen LogP contribution in [0.15, 0.2) is 41.0 Å². The summed E-state index contributed by atoms with van der Waals surface area (Å²) in [7, 11) is 0. The van der Waals surface area contributed by atoms with Crippen LogP contribution in [0, 0.1) is 17.1 Å². The number of hydrogen-bond donors (Lipinski definition) is 0. The molecule has 0 aliphatic rings. The third kappa shape index (κ3) is 1.98. The Morgan fingerprint density at radius 3 is 2.79 bits per heavy atom. The van der Waals surface area contributed by atoms with Crippen LogP contribution in [0.25, 0.3) is 17.0 Å². The van der Waals surface area contributed by atoms with E-state index in [2.05, 4.69) is 26.1 Å². The average molecular weight is 317 g/mol. The molecule has 3 rings (SSSR count). The summed E-state index contributed by atoms with van der Waals surface area (Å²) in [6.07, 6.45) is 1.72. The first kappa shape index (κ1) is 11.8. The van der Waals surface area contributed by atoms with Crippen molar-refractivity contribution in [2.45, 2.75) is 0 Å². The number of benzene rings is 1. The lowest BCUT2D eigenvalue weighted by Gasteiger charge is -2.01. The fourth-order valence-electron chi connectivity index (χ4n) is 1.79. The number of fused-ring (bicyclic) bond motifs is 1. The molecule has 0 radical (unpaired) electrons. The van der Waals surface area contributed by atoms with Gasteiger partial charge in [-0.25, -0.2) is 4.39 Å². The van der Waals surface area contributed by atoms with Crippen LogP contribution in [-0.2, 0) is 0 Å². The van der Waals surface area contributed by atoms with Gasteiger partial charge in [-0.1, -0.05) is 0 Å². The van der Waals surface area contributed by atoms with Crippen molar-refractivity contribution in [1.29, 1.82) is 5.26 Å². The van der Waals surface area contributed by atoms with Gasteiger partial charge in [-0.3, -0.25) is 4.40 Å². The van der Waals surface area contributed by atoms with Crippen molar-refractivity contribution < 1.29 is 4.39 Å². The summed E-state index contributed by atoms with van der Waals surface area (Å²) >= 11 is 3.14. The number of rotatable bonds is 1. The van der Waals surface area contributed by atoms with Gasteiger partial charge in [0.25, 0.3) is 0 Å². The molecule has 0 unspecified atom stereocenters. The van der Waals surface area contributed by atoms with E-state index in [1.807, 2.05) is 6.07 Å². The zero-order valence-electron chi connectivity index (χ0n) is 9.51. The standard InChI is InChI=1S/C13H6BrFN4/c14-10-6-9(1-2-11(10)15)13-18-17-12-5-8(7-16)3-4-19(12)13/h1-6H. The van der Waals surface area contributed by atoms with Crippen molar-refractivity contribution >= 4 is 21.6 Å². The van der Waals surface area contributed by atoms with Crippen LogP contribution in [0.1, 0.15) is 5.56 Å². The zero-order valence-corrected chi connectivity index (χ0v) is 11.1. The second-order valence-corrected chi connectivity index (χ2v) is 4.76. The number of hydrogen-bond acceptors (Lipinski definition) is 3. The largest absolute Gasteiger partial charge is 0.282 e. The monoisotopic (exact) mass is 316 g/mol. The van der Waals surface area contributed by atoms with Gasteiger partial charge in [0.2, 0.25) is 0 Å². The Kier molecular flexibility index (Phi) is 2.76. The second-order valence-electron chi connectivity index (χ2n) is 3.91. The molecule has 0 amide bonds. The van der Waals surface area contributed by atoms with Gasteiger partial charge < -0.3 is 0 Å². The van der Waals surface area contributed by atoms with Crippen molar-refractivity contribution in [3.8, 4) is 17.5 Å². The highest BCUT2D eigenvalue weighted by Gasteiger charge is 2.10. The molecule has 0 bridgehead atoms. The predicted octanol–water partition coefficient (Wildman–Crippen LogP) is 3.17. The maximum atomic E-state index is 13.2. The van der Waals surface area contributed by atoms with Crippen LogP contribution in [0.3, 0.4) is 0 Å². The lowest BCUT2D eigenvalue weighted by atomic mass is 10.2. The van der Waals surface area contributed by atoms with E-state index in [-0.39, 0.29) is 5.82 Å².